The average Bonchev–Trinajstić information content (AvgIpc) is 2.76. The summed E-state index contributed by atoms with van der Waals surface area (Å²) in [5, 5.41) is 2.98. The highest BCUT2D eigenvalue weighted by molar-refractivity contribution is 5.88. The summed E-state index contributed by atoms with van der Waals surface area (Å²) in [6, 6.07) is 15.2. The summed E-state index contributed by atoms with van der Waals surface area (Å²) < 4.78 is 5.75. The number of carbonyl (C=O) groups is 2. The molecule has 1 N–H and O–H groups in total. The van der Waals surface area contributed by atoms with Crippen LogP contribution in [-0.4, -0.2) is 35.4 Å². The van der Waals surface area contributed by atoms with Crippen LogP contribution < -0.4 is 10.1 Å². The molecular formula is C26H36N2O3. The van der Waals surface area contributed by atoms with Gasteiger partial charge in [-0.2, -0.15) is 0 Å². The summed E-state index contributed by atoms with van der Waals surface area (Å²) in [7, 11) is 0. The molecule has 0 heterocycles. The van der Waals surface area contributed by atoms with E-state index >= 15 is 0 Å². The van der Waals surface area contributed by atoms with Gasteiger partial charge in [0.05, 0.1) is 0 Å². The molecule has 0 saturated heterocycles. The molecule has 2 aromatic rings. The Hall–Kier alpha value is -2.82. The molecule has 2 atom stereocenters. The predicted octanol–water partition coefficient (Wildman–Crippen LogP) is 4.83. The molecule has 0 aliphatic rings. The summed E-state index contributed by atoms with van der Waals surface area (Å²) >= 11 is 0. The van der Waals surface area contributed by atoms with Gasteiger partial charge in [0.2, 0.25) is 5.91 Å². The van der Waals surface area contributed by atoms with Crippen molar-refractivity contribution in [3.63, 3.8) is 0 Å². The second-order valence-corrected chi connectivity index (χ2v) is 8.51. The van der Waals surface area contributed by atoms with Crippen molar-refractivity contribution in [3.8, 4) is 5.75 Å². The van der Waals surface area contributed by atoms with Crippen molar-refractivity contribution in [3.05, 3.63) is 65.2 Å². The number of ether oxygens (including phenoxy) is 1. The fraction of sp³-hybridized carbons (Fsp3) is 0.462. The van der Waals surface area contributed by atoms with Crippen LogP contribution >= 0.6 is 0 Å². The fourth-order valence-corrected chi connectivity index (χ4v) is 3.12. The molecule has 2 rings (SSSR count). The molecule has 0 aromatic heterocycles. The molecule has 0 aliphatic heterocycles. The largest absolute Gasteiger partial charge is 0.484 e. The first-order valence-electron chi connectivity index (χ1n) is 11.1. The molecule has 2 aromatic carbocycles. The van der Waals surface area contributed by atoms with Gasteiger partial charge in [-0.05, 0) is 56.4 Å². The third-order valence-electron chi connectivity index (χ3n) is 5.55. The Bertz CT molecular complexity index is 844. The fourth-order valence-electron chi connectivity index (χ4n) is 3.12. The maximum atomic E-state index is 13.1. The van der Waals surface area contributed by atoms with Gasteiger partial charge in [-0.3, -0.25) is 9.59 Å². The van der Waals surface area contributed by atoms with E-state index in [0.717, 1.165) is 17.5 Å². The number of aryl methyl sites for hydroxylation is 1. The maximum Gasteiger partial charge on any atom is 0.261 e. The Balaban J connectivity index is 2.12. The maximum absolute atomic E-state index is 13.1. The summed E-state index contributed by atoms with van der Waals surface area (Å²) in [5.74, 6) is 0.701. The molecule has 0 fully saturated rings. The molecule has 31 heavy (non-hydrogen) atoms. The Labute approximate surface area is 186 Å². The number of hydrogen-bond donors (Lipinski definition) is 1. The second-order valence-electron chi connectivity index (χ2n) is 8.51. The normalized spacial score (nSPS) is 12.9. The first kappa shape index (κ1) is 24.4. The van der Waals surface area contributed by atoms with Crippen molar-refractivity contribution in [2.24, 2.45) is 0 Å². The first-order valence-corrected chi connectivity index (χ1v) is 11.1. The minimum Gasteiger partial charge on any atom is -0.484 e. The van der Waals surface area contributed by atoms with E-state index in [2.05, 4.69) is 19.2 Å². The summed E-state index contributed by atoms with van der Waals surface area (Å²) in [4.78, 5) is 27.4. The topological polar surface area (TPSA) is 58.6 Å². The van der Waals surface area contributed by atoms with Crippen LogP contribution in [0, 0.1) is 6.92 Å². The number of benzene rings is 2. The lowest BCUT2D eigenvalue weighted by molar-refractivity contribution is -0.142. The number of amides is 2. The molecule has 0 saturated carbocycles. The van der Waals surface area contributed by atoms with Crippen molar-refractivity contribution in [1.82, 2.24) is 10.2 Å². The van der Waals surface area contributed by atoms with Crippen molar-refractivity contribution in [2.45, 2.75) is 72.5 Å². The highest BCUT2D eigenvalue weighted by Crippen LogP contribution is 2.19. The Morgan fingerprint density at radius 1 is 0.968 bits per heavy atom. The van der Waals surface area contributed by atoms with Crippen molar-refractivity contribution >= 4 is 11.8 Å². The molecule has 0 spiro atoms. The minimum atomic E-state index is -0.602. The molecule has 0 radical (unpaired) electrons. The number of hydrogen-bond acceptors (Lipinski definition) is 3. The molecule has 5 heteroatoms. The van der Waals surface area contributed by atoms with Crippen molar-refractivity contribution in [1.29, 1.82) is 0 Å². The average molecular weight is 425 g/mol. The van der Waals surface area contributed by atoms with Crippen LogP contribution in [-0.2, 0) is 16.1 Å². The van der Waals surface area contributed by atoms with Crippen LogP contribution in [0.2, 0.25) is 0 Å². The Morgan fingerprint density at radius 2 is 1.58 bits per heavy atom. The molecule has 0 unspecified atom stereocenters. The molecule has 5 nitrogen and oxygen atoms in total. The van der Waals surface area contributed by atoms with Crippen LogP contribution in [0.1, 0.15) is 63.6 Å². The van der Waals surface area contributed by atoms with Gasteiger partial charge in [-0.15, -0.1) is 0 Å². The van der Waals surface area contributed by atoms with Gasteiger partial charge in [0.1, 0.15) is 11.8 Å². The third kappa shape index (κ3) is 7.42. The number of rotatable bonds is 10. The number of nitrogens with zero attached hydrogens (tertiary/aromatic N) is 1. The predicted molar refractivity (Wildman–Crippen MR) is 125 cm³/mol. The van der Waals surface area contributed by atoms with E-state index in [1.807, 2.05) is 69.3 Å². The third-order valence-corrected chi connectivity index (χ3v) is 5.55. The summed E-state index contributed by atoms with van der Waals surface area (Å²) in [6.45, 7) is 12.3. The molecule has 0 aliphatic carbocycles. The molecule has 2 amide bonds. The van der Waals surface area contributed by atoms with Crippen molar-refractivity contribution < 1.29 is 14.3 Å². The number of nitrogens with one attached hydrogen (secondary N) is 1. The smallest absolute Gasteiger partial charge is 0.261 e. The number of carbonyl (C=O) groups excluding carboxylic acids is 2. The van der Waals surface area contributed by atoms with Crippen LogP contribution in [0.5, 0.6) is 5.75 Å². The van der Waals surface area contributed by atoms with Gasteiger partial charge >= 0.3 is 0 Å². The van der Waals surface area contributed by atoms with Gasteiger partial charge in [0.15, 0.2) is 6.61 Å². The Kier molecular flexibility index (Phi) is 9.10. The van der Waals surface area contributed by atoms with E-state index in [0.29, 0.717) is 18.2 Å². The molecule has 0 bridgehead atoms. The standard InChI is InChI=1S/C26H36N2O3/c1-7-20(5)27-26(30)21(6)28(16-22-10-8-19(4)9-11-22)25(29)17-31-24-14-12-23(13-15-24)18(2)3/h8-15,18,20-21H,7,16-17H2,1-6H3,(H,27,30)/t20-,21-/m0/s1. The quantitative estimate of drug-likeness (QED) is 0.594. The zero-order valence-corrected chi connectivity index (χ0v) is 19.6. The lowest BCUT2D eigenvalue weighted by Gasteiger charge is -2.29. The van der Waals surface area contributed by atoms with Gasteiger partial charge in [-0.25, -0.2) is 0 Å². The monoisotopic (exact) mass is 424 g/mol. The Morgan fingerprint density at radius 3 is 2.13 bits per heavy atom. The lowest BCUT2D eigenvalue weighted by Crippen LogP contribution is -2.50. The first-order chi connectivity index (χ1) is 14.7. The van der Waals surface area contributed by atoms with E-state index in [4.69, 9.17) is 4.74 Å². The van der Waals surface area contributed by atoms with E-state index < -0.39 is 6.04 Å². The highest BCUT2D eigenvalue weighted by atomic mass is 16.5. The van der Waals surface area contributed by atoms with Gasteiger partial charge in [0.25, 0.3) is 5.91 Å². The van der Waals surface area contributed by atoms with Crippen molar-refractivity contribution in [2.75, 3.05) is 6.61 Å². The van der Waals surface area contributed by atoms with E-state index in [-0.39, 0.29) is 24.5 Å². The van der Waals surface area contributed by atoms with Crippen LogP contribution in [0.4, 0.5) is 0 Å². The lowest BCUT2D eigenvalue weighted by atomic mass is 10.0. The van der Waals surface area contributed by atoms with E-state index in [1.54, 1.807) is 11.8 Å². The zero-order chi connectivity index (χ0) is 23.0. The zero-order valence-electron chi connectivity index (χ0n) is 19.6. The van der Waals surface area contributed by atoms with Crippen LogP contribution in [0.15, 0.2) is 48.5 Å². The highest BCUT2D eigenvalue weighted by Gasteiger charge is 2.27. The van der Waals surface area contributed by atoms with Crippen LogP contribution in [0.25, 0.3) is 0 Å². The SMILES string of the molecule is CC[C@H](C)NC(=O)[C@H](C)N(Cc1ccc(C)cc1)C(=O)COc1ccc(C(C)C)cc1. The van der Waals surface area contributed by atoms with Crippen LogP contribution in [0.3, 0.4) is 0 Å². The van der Waals surface area contributed by atoms with Gasteiger partial charge < -0.3 is 15.0 Å². The second kappa shape index (κ2) is 11.5. The molecular weight excluding hydrogens is 388 g/mol. The molecule has 168 valence electrons. The van der Waals surface area contributed by atoms with Gasteiger partial charge in [0, 0.05) is 12.6 Å². The van der Waals surface area contributed by atoms with E-state index in [1.165, 1.54) is 5.56 Å². The van der Waals surface area contributed by atoms with E-state index in [9.17, 15) is 9.59 Å². The summed E-state index contributed by atoms with van der Waals surface area (Å²) in [6.07, 6.45) is 0.833. The van der Waals surface area contributed by atoms with Gasteiger partial charge in [-0.1, -0.05) is 62.7 Å². The minimum absolute atomic E-state index is 0.0574. The summed E-state index contributed by atoms with van der Waals surface area (Å²) in [5.41, 5.74) is 3.34.